The Labute approximate surface area is 97.5 Å². The molecule has 0 saturated carbocycles. The van der Waals surface area contributed by atoms with Crippen molar-refractivity contribution in [3.63, 3.8) is 0 Å². The van der Waals surface area contributed by atoms with Gasteiger partial charge >= 0.3 is 5.97 Å². The number of imide groups is 1. The molecule has 0 fully saturated rings. The van der Waals surface area contributed by atoms with Gasteiger partial charge in [0.1, 0.15) is 6.04 Å². The highest BCUT2D eigenvalue weighted by Gasteiger charge is 2.31. The van der Waals surface area contributed by atoms with Crippen LogP contribution in [0.25, 0.3) is 0 Å². The molecule has 8 heteroatoms. The predicted molar refractivity (Wildman–Crippen MR) is 56.4 cm³/mol. The Morgan fingerprint density at radius 1 is 1.41 bits per heavy atom. The van der Waals surface area contributed by atoms with E-state index in [2.05, 4.69) is 0 Å². The minimum Gasteiger partial charge on any atom is -0.480 e. The van der Waals surface area contributed by atoms with Crippen LogP contribution in [-0.4, -0.2) is 46.3 Å². The average Bonchev–Trinajstić information content (AvgIpc) is 2.22. The fourth-order valence-corrected chi connectivity index (χ4v) is 1.17. The summed E-state index contributed by atoms with van der Waals surface area (Å²) < 4.78 is 0. The molecular weight excluding hydrogens is 230 g/mol. The number of rotatable bonds is 7. The molecule has 8 nitrogen and oxygen atoms in total. The molecule has 0 aromatic heterocycles. The Morgan fingerprint density at radius 3 is 2.24 bits per heavy atom. The van der Waals surface area contributed by atoms with Gasteiger partial charge in [0, 0.05) is 6.42 Å². The second kappa shape index (κ2) is 6.59. The molecular formula is C9H15N3O5. The summed E-state index contributed by atoms with van der Waals surface area (Å²) in [5.74, 6) is -2.93. The van der Waals surface area contributed by atoms with Crippen molar-refractivity contribution in [3.05, 3.63) is 0 Å². The van der Waals surface area contributed by atoms with E-state index in [4.69, 9.17) is 16.6 Å². The van der Waals surface area contributed by atoms with Gasteiger partial charge < -0.3 is 16.6 Å². The number of carboxylic acid groups (broad SMARTS) is 1. The van der Waals surface area contributed by atoms with Crippen LogP contribution in [0.1, 0.15) is 19.8 Å². The highest BCUT2D eigenvalue weighted by atomic mass is 16.4. The summed E-state index contributed by atoms with van der Waals surface area (Å²) in [6.07, 6.45) is -0.388. The fourth-order valence-electron chi connectivity index (χ4n) is 1.17. The van der Waals surface area contributed by atoms with Crippen LogP contribution in [0.4, 0.5) is 0 Å². The number of amides is 3. The van der Waals surface area contributed by atoms with Crippen LogP contribution in [-0.2, 0) is 19.2 Å². The zero-order valence-corrected chi connectivity index (χ0v) is 9.33. The SMILES string of the molecule is CC(N)C(=O)N(C=O)C(CCC(N)=O)C(=O)O. The normalized spacial score (nSPS) is 13.5. The van der Waals surface area contributed by atoms with Crippen LogP contribution >= 0.6 is 0 Å². The van der Waals surface area contributed by atoms with E-state index in [1.807, 2.05) is 0 Å². The molecule has 0 radical (unpaired) electrons. The third-order valence-corrected chi connectivity index (χ3v) is 2.04. The van der Waals surface area contributed by atoms with E-state index in [1.165, 1.54) is 6.92 Å². The number of nitrogens with two attached hydrogens (primary N) is 2. The summed E-state index contributed by atoms with van der Waals surface area (Å²) in [5, 5.41) is 8.87. The third-order valence-electron chi connectivity index (χ3n) is 2.04. The number of primary amides is 1. The van der Waals surface area contributed by atoms with Crippen molar-refractivity contribution >= 4 is 24.2 Å². The maximum absolute atomic E-state index is 11.5. The van der Waals surface area contributed by atoms with Crippen molar-refractivity contribution in [3.8, 4) is 0 Å². The number of carbonyl (C=O) groups excluding carboxylic acids is 3. The number of hydrogen-bond acceptors (Lipinski definition) is 5. The van der Waals surface area contributed by atoms with E-state index in [-0.39, 0.29) is 19.3 Å². The van der Waals surface area contributed by atoms with E-state index in [1.54, 1.807) is 0 Å². The van der Waals surface area contributed by atoms with Gasteiger partial charge in [-0.3, -0.25) is 19.3 Å². The molecule has 17 heavy (non-hydrogen) atoms. The first-order valence-electron chi connectivity index (χ1n) is 4.85. The standard InChI is InChI=1S/C9H15N3O5/c1-5(10)8(15)12(4-13)6(9(16)17)2-3-7(11)14/h4-6H,2-3,10H2,1H3,(H2,11,14)(H,16,17). The van der Waals surface area contributed by atoms with Crippen molar-refractivity contribution in [2.24, 2.45) is 11.5 Å². The zero-order valence-electron chi connectivity index (χ0n) is 9.33. The molecule has 0 bridgehead atoms. The summed E-state index contributed by atoms with van der Waals surface area (Å²) in [6, 6.07) is -2.44. The monoisotopic (exact) mass is 245 g/mol. The topological polar surface area (TPSA) is 144 Å². The van der Waals surface area contributed by atoms with Crippen molar-refractivity contribution in [2.75, 3.05) is 0 Å². The molecule has 0 rings (SSSR count). The summed E-state index contributed by atoms with van der Waals surface area (Å²) in [4.78, 5) is 44.1. The molecule has 0 aliphatic heterocycles. The van der Waals surface area contributed by atoms with E-state index >= 15 is 0 Å². The predicted octanol–water partition coefficient (Wildman–Crippen LogP) is -1.96. The Kier molecular flexibility index (Phi) is 5.83. The van der Waals surface area contributed by atoms with E-state index in [0.29, 0.717) is 4.90 Å². The lowest BCUT2D eigenvalue weighted by atomic mass is 10.1. The molecule has 96 valence electrons. The van der Waals surface area contributed by atoms with Crippen molar-refractivity contribution in [2.45, 2.75) is 31.8 Å². The lowest BCUT2D eigenvalue weighted by molar-refractivity contribution is -0.154. The van der Waals surface area contributed by atoms with Crippen LogP contribution in [0.2, 0.25) is 0 Å². The van der Waals surface area contributed by atoms with Gasteiger partial charge in [-0.1, -0.05) is 0 Å². The highest BCUT2D eigenvalue weighted by Crippen LogP contribution is 2.07. The first-order chi connectivity index (χ1) is 7.81. The molecule has 0 spiro atoms. The first kappa shape index (κ1) is 15.0. The third kappa shape index (κ3) is 4.60. The molecule has 2 unspecified atom stereocenters. The van der Waals surface area contributed by atoms with E-state index in [0.717, 1.165) is 0 Å². The number of aliphatic carboxylic acids is 1. The molecule has 5 N–H and O–H groups in total. The van der Waals surface area contributed by atoms with E-state index < -0.39 is 29.9 Å². The zero-order chi connectivity index (χ0) is 13.6. The number of nitrogens with zero attached hydrogens (tertiary/aromatic N) is 1. The maximum atomic E-state index is 11.5. The molecule has 0 heterocycles. The largest absolute Gasteiger partial charge is 0.480 e. The molecule has 0 saturated heterocycles. The van der Waals surface area contributed by atoms with E-state index in [9.17, 15) is 19.2 Å². The highest BCUT2D eigenvalue weighted by molar-refractivity contribution is 5.94. The van der Waals surface area contributed by atoms with Crippen molar-refractivity contribution in [1.29, 1.82) is 0 Å². The van der Waals surface area contributed by atoms with Crippen LogP contribution in [0, 0.1) is 0 Å². The minimum absolute atomic E-state index is 0.0888. The van der Waals surface area contributed by atoms with Crippen molar-refractivity contribution in [1.82, 2.24) is 4.90 Å². The van der Waals surface area contributed by atoms with Crippen LogP contribution < -0.4 is 11.5 Å². The number of carbonyl (C=O) groups is 4. The second-order valence-corrected chi connectivity index (χ2v) is 3.50. The lowest BCUT2D eigenvalue weighted by Gasteiger charge is -2.24. The summed E-state index contributed by atoms with van der Waals surface area (Å²) in [5.41, 5.74) is 10.1. The Hall–Kier alpha value is -1.96. The molecule has 2 atom stereocenters. The van der Waals surface area contributed by atoms with Gasteiger partial charge in [-0.05, 0) is 13.3 Å². The molecule has 0 aromatic carbocycles. The van der Waals surface area contributed by atoms with Gasteiger partial charge in [-0.25, -0.2) is 4.79 Å². The quantitative estimate of drug-likeness (QED) is 0.444. The Morgan fingerprint density at radius 2 is 1.94 bits per heavy atom. The maximum Gasteiger partial charge on any atom is 0.326 e. The fraction of sp³-hybridized carbons (Fsp3) is 0.556. The van der Waals surface area contributed by atoms with Gasteiger partial charge in [-0.2, -0.15) is 0 Å². The van der Waals surface area contributed by atoms with Crippen LogP contribution in [0.5, 0.6) is 0 Å². The molecule has 0 aliphatic carbocycles. The minimum atomic E-state index is -1.43. The average molecular weight is 245 g/mol. The summed E-state index contributed by atoms with van der Waals surface area (Å²) >= 11 is 0. The molecule has 0 aromatic rings. The van der Waals surface area contributed by atoms with Gasteiger partial charge in [0.25, 0.3) is 0 Å². The van der Waals surface area contributed by atoms with Gasteiger partial charge in [0.05, 0.1) is 6.04 Å². The number of hydrogen-bond donors (Lipinski definition) is 3. The van der Waals surface area contributed by atoms with Crippen LogP contribution in [0.15, 0.2) is 0 Å². The summed E-state index contributed by atoms with van der Waals surface area (Å²) in [7, 11) is 0. The first-order valence-corrected chi connectivity index (χ1v) is 4.85. The number of carboxylic acids is 1. The Bertz CT molecular complexity index is 329. The summed E-state index contributed by atoms with van der Waals surface area (Å²) in [6.45, 7) is 1.33. The van der Waals surface area contributed by atoms with Gasteiger partial charge in [0.15, 0.2) is 0 Å². The van der Waals surface area contributed by atoms with Crippen molar-refractivity contribution < 1.29 is 24.3 Å². The smallest absolute Gasteiger partial charge is 0.326 e. The van der Waals surface area contributed by atoms with Gasteiger partial charge in [0.2, 0.25) is 18.2 Å². The van der Waals surface area contributed by atoms with Crippen LogP contribution in [0.3, 0.4) is 0 Å². The molecule has 0 aliphatic rings. The van der Waals surface area contributed by atoms with Gasteiger partial charge in [-0.15, -0.1) is 0 Å². The Balaban J connectivity index is 4.87. The molecule has 3 amide bonds. The second-order valence-electron chi connectivity index (χ2n) is 3.50. The lowest BCUT2D eigenvalue weighted by Crippen LogP contribution is -2.50.